The standard InChI is InChI=1S/C18H19BrN2O2/c1-12-4-9-17(10-13(12)2)21(14(3)22)11-18(23)20-16-7-5-15(19)6-8-16/h4-10H,11H2,1-3H3,(H,20,23). The van der Waals surface area contributed by atoms with Crippen molar-refractivity contribution in [3.63, 3.8) is 0 Å². The molecule has 2 aromatic carbocycles. The number of carbonyl (C=O) groups is 2. The Morgan fingerprint density at radius 3 is 2.26 bits per heavy atom. The molecule has 0 saturated carbocycles. The quantitative estimate of drug-likeness (QED) is 0.876. The first-order chi connectivity index (χ1) is 10.9. The lowest BCUT2D eigenvalue weighted by Crippen LogP contribution is -2.36. The molecule has 120 valence electrons. The third-order valence-electron chi connectivity index (χ3n) is 3.61. The zero-order valence-corrected chi connectivity index (χ0v) is 15.0. The fourth-order valence-corrected chi connectivity index (χ4v) is 2.42. The van der Waals surface area contributed by atoms with Crippen molar-refractivity contribution in [2.45, 2.75) is 20.8 Å². The van der Waals surface area contributed by atoms with E-state index >= 15 is 0 Å². The van der Waals surface area contributed by atoms with Crippen LogP contribution in [-0.4, -0.2) is 18.4 Å². The second-order valence-electron chi connectivity index (χ2n) is 5.43. The Bertz CT molecular complexity index is 726. The second kappa shape index (κ2) is 7.42. The first-order valence-electron chi connectivity index (χ1n) is 7.27. The van der Waals surface area contributed by atoms with Crippen LogP contribution in [0, 0.1) is 13.8 Å². The van der Waals surface area contributed by atoms with Gasteiger partial charge < -0.3 is 10.2 Å². The molecule has 0 unspecified atom stereocenters. The number of nitrogens with one attached hydrogen (secondary N) is 1. The minimum atomic E-state index is -0.235. The van der Waals surface area contributed by atoms with Crippen molar-refractivity contribution < 1.29 is 9.59 Å². The number of hydrogen-bond donors (Lipinski definition) is 1. The van der Waals surface area contributed by atoms with Gasteiger partial charge in [0.05, 0.1) is 0 Å². The minimum Gasteiger partial charge on any atom is -0.325 e. The minimum absolute atomic E-state index is 0.0199. The molecule has 0 aromatic heterocycles. The fourth-order valence-electron chi connectivity index (χ4n) is 2.16. The SMILES string of the molecule is CC(=O)N(CC(=O)Nc1ccc(Br)cc1)c1ccc(C)c(C)c1. The maximum atomic E-state index is 12.2. The predicted molar refractivity (Wildman–Crippen MR) is 96.7 cm³/mol. The lowest BCUT2D eigenvalue weighted by atomic mass is 10.1. The number of aryl methyl sites for hydroxylation is 2. The van der Waals surface area contributed by atoms with E-state index in [0.717, 1.165) is 21.3 Å². The van der Waals surface area contributed by atoms with Gasteiger partial charge in [-0.1, -0.05) is 22.0 Å². The molecule has 5 heteroatoms. The second-order valence-corrected chi connectivity index (χ2v) is 6.34. The van der Waals surface area contributed by atoms with Crippen LogP contribution in [0.2, 0.25) is 0 Å². The average molecular weight is 375 g/mol. The van der Waals surface area contributed by atoms with Crippen LogP contribution < -0.4 is 10.2 Å². The lowest BCUT2D eigenvalue weighted by molar-refractivity contribution is -0.120. The molecule has 0 atom stereocenters. The molecule has 0 fully saturated rings. The Kier molecular flexibility index (Phi) is 5.55. The van der Waals surface area contributed by atoms with Crippen LogP contribution in [-0.2, 0) is 9.59 Å². The van der Waals surface area contributed by atoms with E-state index in [1.165, 1.54) is 11.8 Å². The van der Waals surface area contributed by atoms with Crippen LogP contribution in [0.5, 0.6) is 0 Å². The van der Waals surface area contributed by atoms with E-state index < -0.39 is 0 Å². The van der Waals surface area contributed by atoms with Gasteiger partial charge in [-0.05, 0) is 61.4 Å². The summed E-state index contributed by atoms with van der Waals surface area (Å²) in [6.45, 7) is 5.44. The molecule has 0 spiro atoms. The number of hydrogen-bond acceptors (Lipinski definition) is 2. The normalized spacial score (nSPS) is 10.3. The summed E-state index contributed by atoms with van der Waals surface area (Å²) in [5.41, 5.74) is 3.66. The topological polar surface area (TPSA) is 49.4 Å². The van der Waals surface area contributed by atoms with Crippen molar-refractivity contribution in [1.29, 1.82) is 0 Å². The van der Waals surface area contributed by atoms with Gasteiger partial charge in [0.15, 0.2) is 0 Å². The van der Waals surface area contributed by atoms with E-state index in [9.17, 15) is 9.59 Å². The number of carbonyl (C=O) groups excluding carboxylic acids is 2. The molecule has 4 nitrogen and oxygen atoms in total. The van der Waals surface area contributed by atoms with Crippen molar-refractivity contribution in [2.75, 3.05) is 16.8 Å². The molecule has 23 heavy (non-hydrogen) atoms. The van der Waals surface area contributed by atoms with Crippen molar-refractivity contribution in [2.24, 2.45) is 0 Å². The van der Waals surface area contributed by atoms with E-state index in [1.807, 2.05) is 44.2 Å². The molecule has 2 rings (SSSR count). The van der Waals surface area contributed by atoms with Gasteiger partial charge in [-0.25, -0.2) is 0 Å². The summed E-state index contributed by atoms with van der Waals surface area (Å²) in [5, 5.41) is 2.80. The molecular formula is C18H19BrN2O2. The molecule has 0 saturated heterocycles. The number of nitrogens with zero attached hydrogens (tertiary/aromatic N) is 1. The molecule has 0 aliphatic carbocycles. The molecule has 0 aliphatic rings. The maximum absolute atomic E-state index is 12.2. The molecule has 2 aromatic rings. The van der Waals surface area contributed by atoms with Crippen molar-refractivity contribution in [1.82, 2.24) is 0 Å². The van der Waals surface area contributed by atoms with E-state index in [2.05, 4.69) is 21.2 Å². The van der Waals surface area contributed by atoms with Gasteiger partial charge in [-0.2, -0.15) is 0 Å². The molecule has 2 amide bonds. The Hall–Kier alpha value is -2.14. The van der Waals surface area contributed by atoms with Gasteiger partial charge in [-0.3, -0.25) is 9.59 Å². The zero-order chi connectivity index (χ0) is 17.0. The first-order valence-corrected chi connectivity index (χ1v) is 8.07. The smallest absolute Gasteiger partial charge is 0.244 e. The number of anilines is 2. The van der Waals surface area contributed by atoms with Crippen LogP contribution in [0.15, 0.2) is 46.9 Å². The Morgan fingerprint density at radius 2 is 1.70 bits per heavy atom. The number of amides is 2. The molecule has 1 N–H and O–H groups in total. The molecule has 0 aliphatic heterocycles. The summed E-state index contributed by atoms with van der Waals surface area (Å²) in [4.78, 5) is 25.6. The van der Waals surface area contributed by atoms with Crippen molar-refractivity contribution in [3.8, 4) is 0 Å². The molecule has 0 bridgehead atoms. The third kappa shape index (κ3) is 4.66. The van der Waals surface area contributed by atoms with Crippen molar-refractivity contribution in [3.05, 3.63) is 58.1 Å². The van der Waals surface area contributed by atoms with Gasteiger partial charge in [-0.15, -0.1) is 0 Å². The third-order valence-corrected chi connectivity index (χ3v) is 4.14. The van der Waals surface area contributed by atoms with Crippen LogP contribution in [0.4, 0.5) is 11.4 Å². The zero-order valence-electron chi connectivity index (χ0n) is 13.4. The van der Waals surface area contributed by atoms with Crippen LogP contribution in [0.25, 0.3) is 0 Å². The van der Waals surface area contributed by atoms with E-state index in [0.29, 0.717) is 5.69 Å². The number of rotatable bonds is 4. The molecular weight excluding hydrogens is 356 g/mol. The van der Waals surface area contributed by atoms with Gasteiger partial charge in [0.2, 0.25) is 11.8 Å². The van der Waals surface area contributed by atoms with Crippen LogP contribution >= 0.6 is 15.9 Å². The summed E-state index contributed by atoms with van der Waals surface area (Å²) in [7, 11) is 0. The fraction of sp³-hybridized carbons (Fsp3) is 0.222. The maximum Gasteiger partial charge on any atom is 0.244 e. The number of benzene rings is 2. The summed E-state index contributed by atoms with van der Waals surface area (Å²) in [5.74, 6) is -0.403. The average Bonchev–Trinajstić information content (AvgIpc) is 2.50. The monoisotopic (exact) mass is 374 g/mol. The summed E-state index contributed by atoms with van der Waals surface area (Å²) < 4.78 is 0.941. The Morgan fingerprint density at radius 1 is 1.04 bits per heavy atom. The van der Waals surface area contributed by atoms with Crippen molar-refractivity contribution >= 4 is 39.1 Å². The van der Waals surface area contributed by atoms with Crippen LogP contribution in [0.1, 0.15) is 18.1 Å². The molecule has 0 heterocycles. The highest BCUT2D eigenvalue weighted by atomic mass is 79.9. The summed E-state index contributed by atoms with van der Waals surface area (Å²) in [6, 6.07) is 13.0. The van der Waals surface area contributed by atoms with E-state index in [1.54, 1.807) is 12.1 Å². The first kappa shape index (κ1) is 17.2. The van der Waals surface area contributed by atoms with E-state index in [-0.39, 0.29) is 18.4 Å². The van der Waals surface area contributed by atoms with Gasteiger partial charge in [0.25, 0.3) is 0 Å². The lowest BCUT2D eigenvalue weighted by Gasteiger charge is -2.21. The predicted octanol–water partition coefficient (Wildman–Crippen LogP) is 4.06. The van der Waals surface area contributed by atoms with Gasteiger partial charge in [0.1, 0.15) is 6.54 Å². The summed E-state index contributed by atoms with van der Waals surface area (Å²) >= 11 is 3.35. The van der Waals surface area contributed by atoms with Gasteiger partial charge >= 0.3 is 0 Å². The molecule has 0 radical (unpaired) electrons. The highest BCUT2D eigenvalue weighted by Gasteiger charge is 2.16. The van der Waals surface area contributed by atoms with Gasteiger partial charge in [0, 0.05) is 22.8 Å². The highest BCUT2D eigenvalue weighted by Crippen LogP contribution is 2.19. The van der Waals surface area contributed by atoms with E-state index in [4.69, 9.17) is 0 Å². The Labute approximate surface area is 144 Å². The van der Waals surface area contributed by atoms with Crippen LogP contribution in [0.3, 0.4) is 0 Å². The summed E-state index contributed by atoms with van der Waals surface area (Å²) in [6.07, 6.45) is 0. The number of halogens is 1. The highest BCUT2D eigenvalue weighted by molar-refractivity contribution is 9.10. The Balaban J connectivity index is 2.12. The largest absolute Gasteiger partial charge is 0.325 e.